The SMILES string of the molecule is O=S1(=O)C[C@@H](O)[C@H](N(CCO)Cc2cccc(F)c2)C1. The number of aliphatic hydroxyl groups is 2. The van der Waals surface area contributed by atoms with Crippen LogP contribution in [0.4, 0.5) is 4.39 Å². The molecule has 5 nitrogen and oxygen atoms in total. The summed E-state index contributed by atoms with van der Waals surface area (Å²) in [4.78, 5) is 1.68. The van der Waals surface area contributed by atoms with Gasteiger partial charge in [0, 0.05) is 13.1 Å². The molecule has 1 saturated heterocycles. The van der Waals surface area contributed by atoms with Gasteiger partial charge in [0.15, 0.2) is 9.84 Å². The van der Waals surface area contributed by atoms with Crippen LogP contribution in [0.25, 0.3) is 0 Å². The first-order chi connectivity index (χ1) is 9.41. The number of hydrogen-bond acceptors (Lipinski definition) is 5. The lowest BCUT2D eigenvalue weighted by atomic mass is 10.1. The lowest BCUT2D eigenvalue weighted by Crippen LogP contribution is -2.44. The van der Waals surface area contributed by atoms with Crippen LogP contribution in [-0.2, 0) is 16.4 Å². The van der Waals surface area contributed by atoms with Crippen molar-refractivity contribution >= 4 is 9.84 Å². The molecule has 0 aliphatic carbocycles. The molecule has 1 fully saturated rings. The minimum absolute atomic E-state index is 0.135. The molecule has 2 N–H and O–H groups in total. The van der Waals surface area contributed by atoms with Crippen LogP contribution < -0.4 is 0 Å². The quantitative estimate of drug-likeness (QED) is 0.786. The van der Waals surface area contributed by atoms with E-state index in [1.807, 2.05) is 0 Å². The van der Waals surface area contributed by atoms with Crippen molar-refractivity contribution in [3.63, 3.8) is 0 Å². The third-order valence-electron chi connectivity index (χ3n) is 3.42. The summed E-state index contributed by atoms with van der Waals surface area (Å²) in [5.74, 6) is -0.766. The van der Waals surface area contributed by atoms with Gasteiger partial charge in [0.2, 0.25) is 0 Å². The average Bonchev–Trinajstić information content (AvgIpc) is 2.62. The van der Waals surface area contributed by atoms with Gasteiger partial charge in [-0.25, -0.2) is 12.8 Å². The highest BCUT2D eigenvalue weighted by Gasteiger charge is 2.39. The van der Waals surface area contributed by atoms with E-state index in [9.17, 15) is 17.9 Å². The Labute approximate surface area is 117 Å². The van der Waals surface area contributed by atoms with Crippen molar-refractivity contribution in [1.82, 2.24) is 4.90 Å². The van der Waals surface area contributed by atoms with Gasteiger partial charge in [-0.15, -0.1) is 0 Å². The summed E-state index contributed by atoms with van der Waals surface area (Å²) in [6.07, 6.45) is -0.972. The summed E-state index contributed by atoms with van der Waals surface area (Å²) >= 11 is 0. The first-order valence-electron chi connectivity index (χ1n) is 6.39. The molecule has 0 radical (unpaired) electrons. The van der Waals surface area contributed by atoms with Crippen LogP contribution in [0.3, 0.4) is 0 Å². The van der Waals surface area contributed by atoms with E-state index >= 15 is 0 Å². The Morgan fingerprint density at radius 1 is 1.35 bits per heavy atom. The van der Waals surface area contributed by atoms with Gasteiger partial charge in [-0.3, -0.25) is 4.90 Å². The molecule has 2 atom stereocenters. The smallest absolute Gasteiger partial charge is 0.154 e. The predicted octanol–water partition coefficient (Wildman–Crippen LogP) is -0.222. The van der Waals surface area contributed by atoms with Crippen molar-refractivity contribution in [2.24, 2.45) is 0 Å². The molecule has 2 rings (SSSR count). The third kappa shape index (κ3) is 3.76. The largest absolute Gasteiger partial charge is 0.395 e. The van der Waals surface area contributed by atoms with Gasteiger partial charge in [0.1, 0.15) is 5.82 Å². The lowest BCUT2D eigenvalue weighted by Gasteiger charge is -2.29. The number of rotatable bonds is 5. The number of hydrogen-bond donors (Lipinski definition) is 2. The predicted molar refractivity (Wildman–Crippen MR) is 72.3 cm³/mol. The fourth-order valence-electron chi connectivity index (χ4n) is 2.52. The van der Waals surface area contributed by atoms with E-state index in [0.717, 1.165) is 0 Å². The van der Waals surface area contributed by atoms with Crippen molar-refractivity contribution < 1.29 is 23.0 Å². The Bertz CT molecular complexity index is 563. The molecule has 0 aromatic heterocycles. The number of benzene rings is 1. The Kier molecular flexibility index (Phi) is 4.74. The number of nitrogens with zero attached hydrogens (tertiary/aromatic N) is 1. The van der Waals surface area contributed by atoms with Crippen molar-refractivity contribution in [3.05, 3.63) is 35.6 Å². The lowest BCUT2D eigenvalue weighted by molar-refractivity contribution is 0.0655. The maximum absolute atomic E-state index is 13.2. The fourth-order valence-corrected chi connectivity index (χ4v) is 4.35. The van der Waals surface area contributed by atoms with Crippen molar-refractivity contribution in [3.8, 4) is 0 Å². The maximum atomic E-state index is 13.2. The first kappa shape index (κ1) is 15.4. The fraction of sp³-hybridized carbons (Fsp3) is 0.538. The second kappa shape index (κ2) is 6.17. The second-order valence-electron chi connectivity index (χ2n) is 5.04. The Morgan fingerprint density at radius 2 is 2.10 bits per heavy atom. The zero-order valence-corrected chi connectivity index (χ0v) is 11.8. The molecule has 20 heavy (non-hydrogen) atoms. The molecule has 0 amide bonds. The Balaban J connectivity index is 2.15. The first-order valence-corrected chi connectivity index (χ1v) is 8.21. The second-order valence-corrected chi connectivity index (χ2v) is 7.19. The molecule has 1 aromatic rings. The van der Waals surface area contributed by atoms with Gasteiger partial charge in [-0.2, -0.15) is 0 Å². The maximum Gasteiger partial charge on any atom is 0.154 e. The van der Waals surface area contributed by atoms with Crippen LogP contribution in [0.15, 0.2) is 24.3 Å². The van der Waals surface area contributed by atoms with Crippen LogP contribution in [0.1, 0.15) is 5.56 Å². The summed E-state index contributed by atoms with van der Waals surface area (Å²) < 4.78 is 36.3. The van der Waals surface area contributed by atoms with Crippen molar-refractivity contribution in [2.45, 2.75) is 18.7 Å². The monoisotopic (exact) mass is 303 g/mol. The molecule has 112 valence electrons. The number of aliphatic hydroxyl groups excluding tert-OH is 2. The molecule has 0 unspecified atom stereocenters. The molecule has 0 saturated carbocycles. The molecular weight excluding hydrogens is 285 g/mol. The summed E-state index contributed by atoms with van der Waals surface area (Å²) in [6, 6.07) is 5.43. The van der Waals surface area contributed by atoms with Gasteiger partial charge in [-0.1, -0.05) is 12.1 Å². The highest BCUT2D eigenvalue weighted by molar-refractivity contribution is 7.91. The summed E-state index contributed by atoms with van der Waals surface area (Å²) in [7, 11) is -3.26. The summed E-state index contributed by atoms with van der Waals surface area (Å²) in [5.41, 5.74) is 0.676. The number of halogens is 1. The molecule has 1 aliphatic heterocycles. The van der Waals surface area contributed by atoms with E-state index in [4.69, 9.17) is 5.11 Å². The standard InChI is InChI=1S/C13H18FNO4S/c14-11-3-1-2-10(6-11)7-15(4-5-16)12-8-20(18,19)9-13(12)17/h1-3,6,12-13,16-17H,4-5,7-9H2/t12-,13-/m1/s1. The Hall–Kier alpha value is -1.02. The van der Waals surface area contributed by atoms with Crippen LogP contribution in [0.2, 0.25) is 0 Å². The molecule has 1 aromatic carbocycles. The van der Waals surface area contributed by atoms with Crippen LogP contribution in [0.5, 0.6) is 0 Å². The van der Waals surface area contributed by atoms with Gasteiger partial charge < -0.3 is 10.2 Å². The molecule has 7 heteroatoms. The van der Waals surface area contributed by atoms with Crippen LogP contribution in [-0.4, -0.2) is 60.3 Å². The van der Waals surface area contributed by atoms with Crippen molar-refractivity contribution in [2.75, 3.05) is 24.7 Å². The van der Waals surface area contributed by atoms with Crippen LogP contribution in [0, 0.1) is 5.82 Å². The minimum Gasteiger partial charge on any atom is -0.395 e. The van der Waals surface area contributed by atoms with Gasteiger partial charge in [0.25, 0.3) is 0 Å². The molecule has 1 aliphatic rings. The van der Waals surface area contributed by atoms with E-state index in [2.05, 4.69) is 0 Å². The highest BCUT2D eigenvalue weighted by Crippen LogP contribution is 2.20. The van der Waals surface area contributed by atoms with E-state index in [-0.39, 0.29) is 37.0 Å². The molecular formula is C13H18FNO4S. The van der Waals surface area contributed by atoms with E-state index in [1.54, 1.807) is 17.0 Å². The van der Waals surface area contributed by atoms with E-state index in [1.165, 1.54) is 12.1 Å². The minimum atomic E-state index is -3.26. The third-order valence-corrected chi connectivity index (χ3v) is 5.12. The normalized spacial score (nSPS) is 25.2. The molecule has 1 heterocycles. The molecule has 0 spiro atoms. The zero-order chi connectivity index (χ0) is 14.8. The molecule has 0 bridgehead atoms. The van der Waals surface area contributed by atoms with Crippen molar-refractivity contribution in [1.29, 1.82) is 0 Å². The summed E-state index contributed by atoms with van der Waals surface area (Å²) in [5, 5.41) is 19.0. The van der Waals surface area contributed by atoms with Crippen LogP contribution >= 0.6 is 0 Å². The summed E-state index contributed by atoms with van der Waals surface area (Å²) in [6.45, 7) is 0.363. The average molecular weight is 303 g/mol. The highest BCUT2D eigenvalue weighted by atomic mass is 32.2. The Morgan fingerprint density at radius 3 is 2.65 bits per heavy atom. The van der Waals surface area contributed by atoms with Gasteiger partial charge >= 0.3 is 0 Å². The van der Waals surface area contributed by atoms with E-state index < -0.39 is 22.0 Å². The number of sulfone groups is 1. The topological polar surface area (TPSA) is 77.8 Å². The van der Waals surface area contributed by atoms with Gasteiger partial charge in [0.05, 0.1) is 30.3 Å². The zero-order valence-electron chi connectivity index (χ0n) is 10.9. The van der Waals surface area contributed by atoms with E-state index in [0.29, 0.717) is 5.56 Å². The van der Waals surface area contributed by atoms with Gasteiger partial charge in [-0.05, 0) is 17.7 Å².